The van der Waals surface area contributed by atoms with Gasteiger partial charge in [-0.1, -0.05) is 12.1 Å². The molecular weight excluding hydrogens is 230 g/mol. The molecule has 1 aromatic rings. The molecule has 0 aliphatic heterocycles. The Kier molecular flexibility index (Phi) is 5.16. The van der Waals surface area contributed by atoms with Gasteiger partial charge < -0.3 is 14.7 Å². The van der Waals surface area contributed by atoms with Crippen LogP contribution in [0, 0.1) is 0 Å². The molecule has 0 aliphatic carbocycles. The Hall–Kier alpha value is -1.55. The molecule has 18 heavy (non-hydrogen) atoms. The van der Waals surface area contributed by atoms with Crippen molar-refractivity contribution >= 4 is 5.91 Å². The zero-order chi connectivity index (χ0) is 13.7. The average Bonchev–Trinajstić information content (AvgIpc) is 2.29. The summed E-state index contributed by atoms with van der Waals surface area (Å²) in [5.41, 5.74) is 1.05. The van der Waals surface area contributed by atoms with Crippen LogP contribution >= 0.6 is 0 Å². The predicted octanol–water partition coefficient (Wildman–Crippen LogP) is 1.47. The van der Waals surface area contributed by atoms with E-state index in [2.05, 4.69) is 0 Å². The van der Waals surface area contributed by atoms with Crippen molar-refractivity contribution in [1.82, 2.24) is 4.90 Å². The van der Waals surface area contributed by atoms with Gasteiger partial charge in [0.1, 0.15) is 5.75 Å². The third kappa shape index (κ3) is 4.37. The average molecular weight is 251 g/mol. The summed E-state index contributed by atoms with van der Waals surface area (Å²) in [5.74, 6) is 0.593. The maximum atomic E-state index is 11.6. The first-order valence-corrected chi connectivity index (χ1v) is 6.05. The summed E-state index contributed by atoms with van der Waals surface area (Å²) in [4.78, 5) is 13.1. The SMILES string of the molecule is CC(O)Cc1ccc(OC(C)C(=O)N(C)C)cc1. The smallest absolute Gasteiger partial charge is 0.262 e. The Bertz CT molecular complexity index is 385. The van der Waals surface area contributed by atoms with E-state index in [0.29, 0.717) is 12.2 Å². The Labute approximate surface area is 108 Å². The molecule has 1 aromatic carbocycles. The van der Waals surface area contributed by atoms with E-state index in [1.807, 2.05) is 24.3 Å². The minimum atomic E-state index is -0.498. The fourth-order valence-corrected chi connectivity index (χ4v) is 1.66. The highest BCUT2D eigenvalue weighted by Gasteiger charge is 2.16. The molecule has 2 unspecified atom stereocenters. The fourth-order valence-electron chi connectivity index (χ4n) is 1.66. The van der Waals surface area contributed by atoms with Gasteiger partial charge in [0.2, 0.25) is 0 Å². The van der Waals surface area contributed by atoms with Crippen LogP contribution < -0.4 is 4.74 Å². The van der Waals surface area contributed by atoms with Gasteiger partial charge in [0.15, 0.2) is 6.10 Å². The minimum absolute atomic E-state index is 0.0666. The van der Waals surface area contributed by atoms with E-state index in [1.54, 1.807) is 27.9 Å². The molecule has 0 aliphatic rings. The van der Waals surface area contributed by atoms with E-state index >= 15 is 0 Å². The summed E-state index contributed by atoms with van der Waals surface area (Å²) in [7, 11) is 3.40. The first kappa shape index (κ1) is 14.5. The maximum absolute atomic E-state index is 11.6. The van der Waals surface area contributed by atoms with Crippen molar-refractivity contribution in [2.45, 2.75) is 32.5 Å². The van der Waals surface area contributed by atoms with E-state index in [-0.39, 0.29) is 12.0 Å². The quantitative estimate of drug-likeness (QED) is 0.862. The number of amides is 1. The van der Waals surface area contributed by atoms with Gasteiger partial charge in [-0.15, -0.1) is 0 Å². The molecule has 100 valence electrons. The molecule has 1 amide bonds. The zero-order valence-electron chi connectivity index (χ0n) is 11.4. The van der Waals surface area contributed by atoms with Crippen LogP contribution in [0.25, 0.3) is 0 Å². The van der Waals surface area contributed by atoms with E-state index in [9.17, 15) is 9.90 Å². The second-order valence-electron chi connectivity index (χ2n) is 4.69. The number of likely N-dealkylation sites (N-methyl/N-ethyl adjacent to an activating group) is 1. The molecule has 0 aromatic heterocycles. The van der Waals surface area contributed by atoms with E-state index < -0.39 is 6.10 Å². The van der Waals surface area contributed by atoms with Crippen LogP contribution in [-0.2, 0) is 11.2 Å². The van der Waals surface area contributed by atoms with Crippen molar-refractivity contribution < 1.29 is 14.6 Å². The molecule has 0 heterocycles. The van der Waals surface area contributed by atoms with Crippen LogP contribution in [0.1, 0.15) is 19.4 Å². The highest BCUT2D eigenvalue weighted by Crippen LogP contribution is 2.15. The summed E-state index contributed by atoms with van der Waals surface area (Å²) < 4.78 is 5.54. The Morgan fingerprint density at radius 2 is 1.83 bits per heavy atom. The number of hydrogen-bond donors (Lipinski definition) is 1. The normalized spacial score (nSPS) is 13.8. The molecule has 0 spiro atoms. The third-order valence-electron chi connectivity index (χ3n) is 2.56. The fraction of sp³-hybridized carbons (Fsp3) is 0.500. The summed E-state index contributed by atoms with van der Waals surface area (Å²) >= 11 is 0. The van der Waals surface area contributed by atoms with Crippen molar-refractivity contribution in [3.8, 4) is 5.75 Å². The van der Waals surface area contributed by atoms with Gasteiger partial charge >= 0.3 is 0 Å². The van der Waals surface area contributed by atoms with Crippen LogP contribution in [0.3, 0.4) is 0 Å². The summed E-state index contributed by atoms with van der Waals surface area (Å²) in [5, 5.41) is 9.27. The van der Waals surface area contributed by atoms with Crippen LogP contribution in [0.4, 0.5) is 0 Å². The van der Waals surface area contributed by atoms with Crippen molar-refractivity contribution in [1.29, 1.82) is 0 Å². The van der Waals surface area contributed by atoms with Crippen molar-refractivity contribution in [2.75, 3.05) is 14.1 Å². The molecule has 0 bridgehead atoms. The Balaban J connectivity index is 2.61. The molecule has 0 fully saturated rings. The molecule has 4 nitrogen and oxygen atoms in total. The number of nitrogens with zero attached hydrogens (tertiary/aromatic N) is 1. The number of benzene rings is 1. The number of ether oxygens (including phenoxy) is 1. The standard InChI is InChI=1S/C14H21NO3/c1-10(16)9-12-5-7-13(8-6-12)18-11(2)14(17)15(3)4/h5-8,10-11,16H,9H2,1-4H3. The highest BCUT2D eigenvalue weighted by molar-refractivity contribution is 5.80. The van der Waals surface area contributed by atoms with Gasteiger partial charge in [0.25, 0.3) is 5.91 Å². The van der Waals surface area contributed by atoms with Crippen molar-refractivity contribution in [2.24, 2.45) is 0 Å². The van der Waals surface area contributed by atoms with E-state index in [1.165, 1.54) is 4.90 Å². The van der Waals surface area contributed by atoms with Crippen LogP contribution in [0.15, 0.2) is 24.3 Å². The Morgan fingerprint density at radius 1 is 1.28 bits per heavy atom. The number of carbonyl (C=O) groups is 1. The highest BCUT2D eigenvalue weighted by atomic mass is 16.5. The summed E-state index contributed by atoms with van der Waals surface area (Å²) in [6.07, 6.45) is -0.236. The van der Waals surface area contributed by atoms with Gasteiger partial charge in [0, 0.05) is 14.1 Å². The van der Waals surface area contributed by atoms with Gasteiger partial charge in [-0.2, -0.15) is 0 Å². The lowest BCUT2D eigenvalue weighted by Crippen LogP contribution is -2.35. The Morgan fingerprint density at radius 3 is 2.28 bits per heavy atom. The molecule has 0 saturated heterocycles. The van der Waals surface area contributed by atoms with Gasteiger partial charge in [-0.3, -0.25) is 4.79 Å². The minimum Gasteiger partial charge on any atom is -0.481 e. The molecule has 1 rings (SSSR count). The molecule has 0 radical (unpaired) electrons. The number of hydrogen-bond acceptors (Lipinski definition) is 3. The lowest BCUT2D eigenvalue weighted by atomic mass is 10.1. The molecule has 2 atom stereocenters. The lowest BCUT2D eigenvalue weighted by Gasteiger charge is -2.18. The first-order chi connectivity index (χ1) is 8.40. The van der Waals surface area contributed by atoms with E-state index in [4.69, 9.17) is 4.74 Å². The van der Waals surface area contributed by atoms with Gasteiger partial charge in [-0.05, 0) is 38.0 Å². The van der Waals surface area contributed by atoms with Gasteiger partial charge in [-0.25, -0.2) is 0 Å². The first-order valence-electron chi connectivity index (χ1n) is 6.05. The molecule has 4 heteroatoms. The monoisotopic (exact) mass is 251 g/mol. The molecular formula is C14H21NO3. The zero-order valence-corrected chi connectivity index (χ0v) is 11.4. The predicted molar refractivity (Wildman–Crippen MR) is 70.6 cm³/mol. The summed E-state index contributed by atoms with van der Waals surface area (Å²) in [6, 6.07) is 7.43. The van der Waals surface area contributed by atoms with Crippen LogP contribution in [-0.4, -0.2) is 42.2 Å². The molecule has 1 N–H and O–H groups in total. The van der Waals surface area contributed by atoms with Crippen molar-refractivity contribution in [3.05, 3.63) is 29.8 Å². The van der Waals surface area contributed by atoms with E-state index in [0.717, 1.165) is 5.56 Å². The number of carbonyl (C=O) groups excluding carboxylic acids is 1. The lowest BCUT2D eigenvalue weighted by molar-refractivity contribution is -0.135. The molecule has 0 saturated carbocycles. The number of aliphatic hydroxyl groups is 1. The largest absolute Gasteiger partial charge is 0.481 e. The van der Waals surface area contributed by atoms with Crippen LogP contribution in [0.2, 0.25) is 0 Å². The maximum Gasteiger partial charge on any atom is 0.262 e. The topological polar surface area (TPSA) is 49.8 Å². The second kappa shape index (κ2) is 6.40. The second-order valence-corrected chi connectivity index (χ2v) is 4.69. The number of aliphatic hydroxyl groups excluding tert-OH is 1. The third-order valence-corrected chi connectivity index (χ3v) is 2.56. The van der Waals surface area contributed by atoms with Gasteiger partial charge in [0.05, 0.1) is 6.10 Å². The number of rotatable bonds is 5. The van der Waals surface area contributed by atoms with Crippen molar-refractivity contribution in [3.63, 3.8) is 0 Å². The summed E-state index contributed by atoms with van der Waals surface area (Å²) in [6.45, 7) is 3.48. The van der Waals surface area contributed by atoms with Crippen LogP contribution in [0.5, 0.6) is 5.75 Å².